The fourth-order valence-electron chi connectivity index (χ4n) is 7.77. The molecule has 12 nitrogen and oxygen atoms in total. The summed E-state index contributed by atoms with van der Waals surface area (Å²) < 4.78 is 17.9. The maximum atomic E-state index is 14.8. The second-order valence-corrected chi connectivity index (χ2v) is 13.2. The molecule has 2 bridgehead atoms. The molecule has 4 saturated heterocycles. The quantitative estimate of drug-likeness (QED) is 0.186. The number of aliphatic hydroxyl groups is 1. The summed E-state index contributed by atoms with van der Waals surface area (Å²) in [5.74, 6) is -3.28. The average Bonchev–Trinajstić information content (AvgIpc) is 3.75. The minimum absolute atomic E-state index is 0.125. The fourth-order valence-corrected chi connectivity index (χ4v) is 7.77. The van der Waals surface area contributed by atoms with Crippen LogP contribution in [0.1, 0.15) is 38.2 Å². The number of hydrogen-bond acceptors (Lipinski definition) is 9. The van der Waals surface area contributed by atoms with E-state index in [1.807, 2.05) is 30.3 Å². The third kappa shape index (κ3) is 7.51. The molecule has 48 heavy (non-hydrogen) atoms. The third-order valence-corrected chi connectivity index (χ3v) is 10.1. The van der Waals surface area contributed by atoms with E-state index in [1.165, 1.54) is 4.90 Å². The van der Waals surface area contributed by atoms with Gasteiger partial charge in [0.25, 0.3) is 0 Å². The van der Waals surface area contributed by atoms with Gasteiger partial charge in [0.2, 0.25) is 17.7 Å². The molecule has 3 amide bonds. The summed E-state index contributed by atoms with van der Waals surface area (Å²) in [6.45, 7) is 13.1. The van der Waals surface area contributed by atoms with Crippen LogP contribution in [0.3, 0.4) is 0 Å². The van der Waals surface area contributed by atoms with Crippen LogP contribution >= 0.6 is 0 Å². The van der Waals surface area contributed by atoms with E-state index >= 15 is 0 Å². The summed E-state index contributed by atoms with van der Waals surface area (Å²) >= 11 is 0. The van der Waals surface area contributed by atoms with Crippen LogP contribution in [-0.4, -0.2) is 132 Å². The number of amides is 3. The molecule has 1 spiro atoms. The van der Waals surface area contributed by atoms with Crippen molar-refractivity contribution in [3.8, 4) is 0 Å². The number of nitrogens with one attached hydrogen (secondary N) is 1. The number of nitrogens with zero attached hydrogens (tertiary/aromatic N) is 3. The van der Waals surface area contributed by atoms with Gasteiger partial charge in [-0.1, -0.05) is 42.5 Å². The van der Waals surface area contributed by atoms with Crippen molar-refractivity contribution in [2.24, 2.45) is 11.8 Å². The van der Waals surface area contributed by atoms with Crippen LogP contribution in [0.25, 0.3) is 0 Å². The molecule has 0 radical (unpaired) electrons. The highest BCUT2D eigenvalue weighted by atomic mass is 16.6. The van der Waals surface area contributed by atoms with Crippen molar-refractivity contribution in [3.63, 3.8) is 0 Å². The Morgan fingerprint density at radius 1 is 1.19 bits per heavy atom. The molecule has 7 atom stereocenters. The van der Waals surface area contributed by atoms with Crippen molar-refractivity contribution >= 4 is 23.7 Å². The molecule has 1 aromatic rings. The standard InChI is InChI=1S/C36H50N4O8/c1-4-6-12-29(42)37-23-25(3)47-35(45)30-28-13-14-36(48-28)31(30)33(43)40(27(24-41)22-26-10-8-7-9-11-26)32(36)34(44)39(15-5-2)17-16-38-18-20-46-21-19-38/h4-5,7-11,25,27-28,30-32,41H,1-2,6,12-24H2,3H3,(H,37,42)/t25-,27-,28+,30-,31-,32+,36-/m1/s1. The monoisotopic (exact) mass is 666 g/mol. The molecular formula is C36H50N4O8. The van der Waals surface area contributed by atoms with E-state index in [0.29, 0.717) is 52.0 Å². The van der Waals surface area contributed by atoms with Crippen molar-refractivity contribution in [3.05, 3.63) is 61.2 Å². The molecule has 0 aliphatic carbocycles. The Kier molecular flexibility index (Phi) is 12.1. The number of benzene rings is 1. The Labute approximate surface area is 283 Å². The van der Waals surface area contributed by atoms with Gasteiger partial charge in [-0.25, -0.2) is 0 Å². The molecule has 1 aromatic carbocycles. The summed E-state index contributed by atoms with van der Waals surface area (Å²) in [4.78, 5) is 60.7. The Hall–Kier alpha value is -3.58. The maximum Gasteiger partial charge on any atom is 0.312 e. The highest BCUT2D eigenvalue weighted by molar-refractivity contribution is 5.98. The first kappa shape index (κ1) is 35.7. The van der Waals surface area contributed by atoms with Crippen LogP contribution in [0.5, 0.6) is 0 Å². The summed E-state index contributed by atoms with van der Waals surface area (Å²) in [6, 6.07) is 7.77. The molecule has 4 aliphatic heterocycles. The molecular weight excluding hydrogens is 616 g/mol. The van der Waals surface area contributed by atoms with E-state index in [4.69, 9.17) is 14.2 Å². The van der Waals surface area contributed by atoms with Crippen LogP contribution in [-0.2, 0) is 39.8 Å². The molecule has 262 valence electrons. The number of aliphatic hydroxyl groups excluding tert-OH is 1. The van der Waals surface area contributed by atoms with Crippen LogP contribution in [0.2, 0.25) is 0 Å². The van der Waals surface area contributed by atoms with Gasteiger partial charge in [-0.15, -0.1) is 13.2 Å². The molecule has 0 saturated carbocycles. The van der Waals surface area contributed by atoms with Gasteiger partial charge in [-0.05, 0) is 38.2 Å². The summed E-state index contributed by atoms with van der Waals surface area (Å²) in [7, 11) is 0. The normalized spacial score (nSPS) is 27.6. The third-order valence-electron chi connectivity index (χ3n) is 10.1. The average molecular weight is 667 g/mol. The second-order valence-electron chi connectivity index (χ2n) is 13.2. The Balaban J connectivity index is 1.41. The van der Waals surface area contributed by atoms with Gasteiger partial charge in [0.05, 0.1) is 50.3 Å². The zero-order valence-corrected chi connectivity index (χ0v) is 28.0. The molecule has 5 rings (SSSR count). The minimum atomic E-state index is -1.24. The summed E-state index contributed by atoms with van der Waals surface area (Å²) in [5.41, 5.74) is -0.335. The van der Waals surface area contributed by atoms with Gasteiger partial charge < -0.3 is 34.4 Å². The fraction of sp³-hybridized carbons (Fsp3) is 0.611. The topological polar surface area (TPSA) is 138 Å². The Morgan fingerprint density at radius 2 is 1.94 bits per heavy atom. The lowest BCUT2D eigenvalue weighted by atomic mass is 9.70. The number of carbonyl (C=O) groups excluding carboxylic acids is 4. The zero-order valence-electron chi connectivity index (χ0n) is 28.0. The number of allylic oxidation sites excluding steroid dienone is 1. The highest BCUT2D eigenvalue weighted by Crippen LogP contribution is 2.59. The van der Waals surface area contributed by atoms with Crippen molar-refractivity contribution in [2.45, 2.75) is 68.9 Å². The molecule has 0 aromatic heterocycles. The number of likely N-dealkylation sites (tertiary alicyclic amines) is 1. The van der Waals surface area contributed by atoms with Gasteiger partial charge in [-0.3, -0.25) is 24.1 Å². The molecule has 12 heteroatoms. The molecule has 4 aliphatic rings. The van der Waals surface area contributed by atoms with Gasteiger partial charge in [0, 0.05) is 39.1 Å². The Bertz CT molecular complexity index is 1320. The number of morpholine rings is 1. The van der Waals surface area contributed by atoms with Gasteiger partial charge in [-0.2, -0.15) is 0 Å². The van der Waals surface area contributed by atoms with Crippen LogP contribution in [0.4, 0.5) is 0 Å². The first-order valence-electron chi connectivity index (χ1n) is 17.2. The lowest BCUT2D eigenvalue weighted by Crippen LogP contribution is -2.59. The van der Waals surface area contributed by atoms with E-state index in [9.17, 15) is 24.3 Å². The van der Waals surface area contributed by atoms with E-state index in [2.05, 4.69) is 23.4 Å². The predicted octanol–water partition coefficient (Wildman–Crippen LogP) is 1.33. The van der Waals surface area contributed by atoms with Gasteiger partial charge in [0.15, 0.2) is 0 Å². The SMILES string of the molecule is C=CCCC(=O)NC[C@@H](C)OC(=O)[C@@H]1[C@@H]2CC[C@]3(O2)[C@H](C(=O)N(CC=C)CCN2CCOCC2)N([C@@H](CO)Cc2ccccc2)C(=O)[C@@H]13. The van der Waals surface area contributed by atoms with Crippen molar-refractivity contribution in [2.75, 3.05) is 59.1 Å². The van der Waals surface area contributed by atoms with E-state index in [1.54, 1.807) is 24.0 Å². The number of hydrogen-bond donors (Lipinski definition) is 2. The van der Waals surface area contributed by atoms with Gasteiger partial charge >= 0.3 is 5.97 Å². The number of esters is 1. The number of carbonyl (C=O) groups is 4. The predicted molar refractivity (Wildman–Crippen MR) is 178 cm³/mol. The molecule has 4 heterocycles. The minimum Gasteiger partial charge on any atom is -0.460 e. The van der Waals surface area contributed by atoms with Crippen molar-refractivity contribution < 1.29 is 38.5 Å². The molecule has 2 N–H and O–H groups in total. The van der Waals surface area contributed by atoms with E-state index in [-0.39, 0.29) is 43.8 Å². The largest absolute Gasteiger partial charge is 0.460 e. The van der Waals surface area contributed by atoms with Crippen molar-refractivity contribution in [1.29, 1.82) is 0 Å². The highest BCUT2D eigenvalue weighted by Gasteiger charge is 2.75. The van der Waals surface area contributed by atoms with Crippen LogP contribution < -0.4 is 5.32 Å². The smallest absolute Gasteiger partial charge is 0.312 e. The Morgan fingerprint density at radius 3 is 2.62 bits per heavy atom. The van der Waals surface area contributed by atoms with E-state index < -0.39 is 47.7 Å². The zero-order chi connectivity index (χ0) is 34.3. The molecule has 4 fully saturated rings. The van der Waals surface area contributed by atoms with Gasteiger partial charge in [0.1, 0.15) is 17.7 Å². The first-order valence-corrected chi connectivity index (χ1v) is 17.2. The van der Waals surface area contributed by atoms with Crippen LogP contribution in [0.15, 0.2) is 55.6 Å². The summed E-state index contributed by atoms with van der Waals surface area (Å²) in [5, 5.41) is 13.5. The second kappa shape index (κ2) is 16.2. The first-order chi connectivity index (χ1) is 23.2. The maximum absolute atomic E-state index is 14.8. The number of ether oxygens (including phenoxy) is 3. The summed E-state index contributed by atoms with van der Waals surface area (Å²) in [6.07, 6.45) is 4.18. The van der Waals surface area contributed by atoms with Crippen LogP contribution in [0, 0.1) is 11.8 Å². The van der Waals surface area contributed by atoms with E-state index in [0.717, 1.165) is 18.7 Å². The lowest BCUT2D eigenvalue weighted by molar-refractivity contribution is -0.160. The number of rotatable bonds is 17. The number of fused-ring (bicyclic) bond motifs is 1. The molecule has 0 unspecified atom stereocenters. The van der Waals surface area contributed by atoms with Crippen molar-refractivity contribution in [1.82, 2.24) is 20.0 Å². The lowest BCUT2D eigenvalue weighted by Gasteiger charge is -2.40.